The van der Waals surface area contributed by atoms with Crippen molar-refractivity contribution in [1.29, 1.82) is 0 Å². The second-order valence-corrected chi connectivity index (χ2v) is 5.40. The second-order valence-electron chi connectivity index (χ2n) is 5.40. The molecule has 16 heavy (non-hydrogen) atoms. The first-order valence-corrected chi connectivity index (χ1v) is 6.18. The highest BCUT2D eigenvalue weighted by Crippen LogP contribution is 2.15. The molecule has 94 valence electrons. The molecular weight excluding hydrogens is 202 g/mol. The lowest BCUT2D eigenvalue weighted by Gasteiger charge is -2.39. The molecule has 0 aromatic rings. The van der Waals surface area contributed by atoms with Gasteiger partial charge in [0.15, 0.2) is 0 Å². The van der Waals surface area contributed by atoms with Crippen LogP contribution in [-0.4, -0.2) is 49.1 Å². The standard InChI is InChI=1S/C12H25N3O/c1-10(2)9-14-11(16)12(3,4)15-7-5-13-6-8-15/h10,13H,5-9H2,1-4H3,(H,14,16). The smallest absolute Gasteiger partial charge is 0.239 e. The van der Waals surface area contributed by atoms with E-state index in [4.69, 9.17) is 0 Å². The van der Waals surface area contributed by atoms with E-state index in [2.05, 4.69) is 29.4 Å². The van der Waals surface area contributed by atoms with Gasteiger partial charge in [0, 0.05) is 32.7 Å². The van der Waals surface area contributed by atoms with Crippen molar-refractivity contribution in [2.45, 2.75) is 33.2 Å². The third-order valence-corrected chi connectivity index (χ3v) is 3.13. The molecule has 0 radical (unpaired) electrons. The number of carbonyl (C=O) groups excluding carboxylic acids is 1. The largest absolute Gasteiger partial charge is 0.354 e. The molecule has 0 bridgehead atoms. The highest BCUT2D eigenvalue weighted by molar-refractivity contribution is 5.85. The number of carbonyl (C=O) groups is 1. The zero-order valence-corrected chi connectivity index (χ0v) is 11.0. The molecular formula is C12H25N3O. The summed E-state index contributed by atoms with van der Waals surface area (Å²) >= 11 is 0. The van der Waals surface area contributed by atoms with Gasteiger partial charge in [-0.1, -0.05) is 13.8 Å². The van der Waals surface area contributed by atoms with Gasteiger partial charge in [-0.3, -0.25) is 9.69 Å². The summed E-state index contributed by atoms with van der Waals surface area (Å²) in [6.45, 7) is 12.8. The Kier molecular flexibility index (Phi) is 4.74. The molecule has 0 atom stereocenters. The summed E-state index contributed by atoms with van der Waals surface area (Å²) in [5, 5.41) is 6.32. The molecule has 2 N–H and O–H groups in total. The lowest BCUT2D eigenvalue weighted by Crippen LogP contribution is -2.60. The number of amides is 1. The SMILES string of the molecule is CC(C)CNC(=O)C(C)(C)N1CCNCC1. The van der Waals surface area contributed by atoms with Gasteiger partial charge in [-0.2, -0.15) is 0 Å². The van der Waals surface area contributed by atoms with Crippen LogP contribution < -0.4 is 10.6 Å². The fourth-order valence-electron chi connectivity index (χ4n) is 1.88. The van der Waals surface area contributed by atoms with Crippen LogP contribution in [0.1, 0.15) is 27.7 Å². The zero-order chi connectivity index (χ0) is 12.2. The number of hydrogen-bond donors (Lipinski definition) is 2. The molecule has 1 rings (SSSR count). The van der Waals surface area contributed by atoms with Crippen LogP contribution in [0.3, 0.4) is 0 Å². The first kappa shape index (κ1) is 13.5. The maximum atomic E-state index is 12.1. The molecule has 1 aliphatic heterocycles. The predicted octanol–water partition coefficient (Wildman–Crippen LogP) is 0.442. The molecule has 1 saturated heterocycles. The van der Waals surface area contributed by atoms with E-state index >= 15 is 0 Å². The van der Waals surface area contributed by atoms with Crippen LogP contribution in [-0.2, 0) is 4.79 Å². The number of rotatable bonds is 4. The van der Waals surface area contributed by atoms with Gasteiger partial charge < -0.3 is 10.6 Å². The van der Waals surface area contributed by atoms with Gasteiger partial charge >= 0.3 is 0 Å². The number of piperazine rings is 1. The molecule has 0 spiro atoms. The molecule has 1 aliphatic rings. The van der Waals surface area contributed by atoms with Gasteiger partial charge in [0.1, 0.15) is 0 Å². The van der Waals surface area contributed by atoms with Crippen molar-refractivity contribution in [3.63, 3.8) is 0 Å². The summed E-state index contributed by atoms with van der Waals surface area (Å²) in [7, 11) is 0. The highest BCUT2D eigenvalue weighted by atomic mass is 16.2. The number of hydrogen-bond acceptors (Lipinski definition) is 3. The molecule has 4 nitrogen and oxygen atoms in total. The van der Waals surface area contributed by atoms with Crippen LogP contribution in [0.5, 0.6) is 0 Å². The van der Waals surface area contributed by atoms with E-state index in [-0.39, 0.29) is 5.91 Å². The molecule has 1 heterocycles. The predicted molar refractivity (Wildman–Crippen MR) is 66.4 cm³/mol. The summed E-state index contributed by atoms with van der Waals surface area (Å²) in [5.74, 6) is 0.644. The summed E-state index contributed by atoms with van der Waals surface area (Å²) in [5.41, 5.74) is -0.392. The Bertz CT molecular complexity index is 232. The Morgan fingerprint density at radius 1 is 1.38 bits per heavy atom. The van der Waals surface area contributed by atoms with Crippen LogP contribution in [0.2, 0.25) is 0 Å². The molecule has 0 unspecified atom stereocenters. The van der Waals surface area contributed by atoms with Crippen molar-refractivity contribution in [3.8, 4) is 0 Å². The average Bonchev–Trinajstić information content (AvgIpc) is 2.27. The van der Waals surface area contributed by atoms with E-state index < -0.39 is 5.54 Å². The summed E-state index contributed by atoms with van der Waals surface area (Å²) < 4.78 is 0. The van der Waals surface area contributed by atoms with Crippen LogP contribution >= 0.6 is 0 Å². The number of nitrogens with one attached hydrogen (secondary N) is 2. The van der Waals surface area contributed by atoms with E-state index in [0.29, 0.717) is 5.92 Å². The zero-order valence-electron chi connectivity index (χ0n) is 11.0. The Balaban J connectivity index is 2.50. The van der Waals surface area contributed by atoms with E-state index in [1.807, 2.05) is 13.8 Å². The van der Waals surface area contributed by atoms with E-state index in [9.17, 15) is 4.79 Å². The lowest BCUT2D eigenvalue weighted by atomic mass is 10.00. The van der Waals surface area contributed by atoms with E-state index in [1.165, 1.54) is 0 Å². The highest BCUT2D eigenvalue weighted by Gasteiger charge is 2.34. The van der Waals surface area contributed by atoms with Crippen molar-refractivity contribution < 1.29 is 4.79 Å². The van der Waals surface area contributed by atoms with Crippen molar-refractivity contribution in [2.24, 2.45) is 5.92 Å². The molecule has 0 aromatic heterocycles. The normalized spacial score (nSPS) is 18.8. The minimum absolute atomic E-state index is 0.142. The molecule has 0 aliphatic carbocycles. The Morgan fingerprint density at radius 3 is 2.44 bits per heavy atom. The number of nitrogens with zero attached hydrogens (tertiary/aromatic N) is 1. The Morgan fingerprint density at radius 2 is 1.94 bits per heavy atom. The van der Waals surface area contributed by atoms with Crippen LogP contribution in [0.15, 0.2) is 0 Å². The van der Waals surface area contributed by atoms with Crippen molar-refractivity contribution in [1.82, 2.24) is 15.5 Å². The molecule has 0 aromatic carbocycles. The van der Waals surface area contributed by atoms with Crippen molar-refractivity contribution >= 4 is 5.91 Å². The van der Waals surface area contributed by atoms with E-state index in [1.54, 1.807) is 0 Å². The average molecular weight is 227 g/mol. The minimum Gasteiger partial charge on any atom is -0.354 e. The quantitative estimate of drug-likeness (QED) is 0.732. The van der Waals surface area contributed by atoms with Crippen molar-refractivity contribution in [2.75, 3.05) is 32.7 Å². The van der Waals surface area contributed by atoms with Crippen LogP contribution in [0.4, 0.5) is 0 Å². The first-order chi connectivity index (χ1) is 7.44. The Labute approximate surface area is 98.8 Å². The van der Waals surface area contributed by atoms with Gasteiger partial charge in [0.25, 0.3) is 0 Å². The van der Waals surface area contributed by atoms with Gasteiger partial charge in [-0.15, -0.1) is 0 Å². The molecule has 1 fully saturated rings. The topological polar surface area (TPSA) is 44.4 Å². The third kappa shape index (κ3) is 3.46. The summed E-state index contributed by atoms with van der Waals surface area (Å²) in [4.78, 5) is 14.3. The molecule has 0 saturated carbocycles. The van der Waals surface area contributed by atoms with Gasteiger partial charge in [0.2, 0.25) is 5.91 Å². The fourth-order valence-corrected chi connectivity index (χ4v) is 1.88. The third-order valence-electron chi connectivity index (χ3n) is 3.13. The first-order valence-electron chi connectivity index (χ1n) is 6.18. The maximum absolute atomic E-state index is 12.1. The Hall–Kier alpha value is -0.610. The van der Waals surface area contributed by atoms with E-state index in [0.717, 1.165) is 32.7 Å². The van der Waals surface area contributed by atoms with Crippen LogP contribution in [0.25, 0.3) is 0 Å². The maximum Gasteiger partial charge on any atom is 0.239 e. The van der Waals surface area contributed by atoms with Gasteiger partial charge in [-0.25, -0.2) is 0 Å². The lowest BCUT2D eigenvalue weighted by molar-refractivity contribution is -0.132. The fraction of sp³-hybridized carbons (Fsp3) is 0.917. The molecule has 4 heteroatoms. The summed E-state index contributed by atoms with van der Waals surface area (Å²) in [6, 6.07) is 0. The monoisotopic (exact) mass is 227 g/mol. The molecule has 1 amide bonds. The van der Waals surface area contributed by atoms with Crippen LogP contribution in [0, 0.1) is 5.92 Å². The second kappa shape index (κ2) is 5.64. The van der Waals surface area contributed by atoms with Gasteiger partial charge in [0.05, 0.1) is 5.54 Å². The van der Waals surface area contributed by atoms with Gasteiger partial charge in [-0.05, 0) is 19.8 Å². The van der Waals surface area contributed by atoms with Crippen molar-refractivity contribution in [3.05, 3.63) is 0 Å². The summed E-state index contributed by atoms with van der Waals surface area (Å²) in [6.07, 6.45) is 0. The minimum atomic E-state index is -0.392.